The Morgan fingerprint density at radius 2 is 2.12 bits per heavy atom. The number of hydrogen-bond acceptors (Lipinski definition) is 4. The molecule has 2 N–H and O–H groups in total. The second-order valence-corrected chi connectivity index (χ2v) is 5.66. The molecule has 0 bridgehead atoms. The number of aryl methyl sites for hydroxylation is 1. The van der Waals surface area contributed by atoms with Gasteiger partial charge in [-0.2, -0.15) is 5.10 Å². The molecule has 3 rings (SSSR count). The maximum atomic E-state index is 13.0. The van der Waals surface area contributed by atoms with E-state index < -0.39 is 6.10 Å². The lowest BCUT2D eigenvalue weighted by Gasteiger charge is -2.09. The van der Waals surface area contributed by atoms with Gasteiger partial charge in [0.15, 0.2) is 0 Å². The van der Waals surface area contributed by atoms with Gasteiger partial charge in [0.1, 0.15) is 11.5 Å². The third-order valence-corrected chi connectivity index (χ3v) is 3.88. The van der Waals surface area contributed by atoms with E-state index in [1.165, 1.54) is 29.3 Å². The van der Waals surface area contributed by atoms with Crippen molar-refractivity contribution in [3.8, 4) is 11.3 Å². The molecule has 3 aromatic rings. The van der Waals surface area contributed by atoms with Crippen LogP contribution in [-0.4, -0.2) is 27.3 Å². The van der Waals surface area contributed by atoms with E-state index >= 15 is 0 Å². The summed E-state index contributed by atoms with van der Waals surface area (Å²) in [5.41, 5.74) is 2.38. The van der Waals surface area contributed by atoms with Crippen LogP contribution < -0.4 is 5.32 Å². The lowest BCUT2D eigenvalue weighted by Crippen LogP contribution is -2.27. The molecule has 0 unspecified atom stereocenters. The predicted octanol–water partition coefficient (Wildman–Crippen LogP) is 2.67. The highest BCUT2D eigenvalue weighted by molar-refractivity contribution is 5.93. The first-order valence-electron chi connectivity index (χ1n) is 7.83. The van der Waals surface area contributed by atoms with Crippen molar-refractivity contribution in [2.45, 2.75) is 12.5 Å². The molecular weight excluding hydrogens is 325 g/mol. The molecule has 0 saturated heterocycles. The molecule has 130 valence electrons. The number of nitrogens with one attached hydrogen (secondary N) is 1. The minimum atomic E-state index is -0.694. The van der Waals surface area contributed by atoms with Gasteiger partial charge in [0.05, 0.1) is 24.3 Å². The fraction of sp³-hybridized carbons (Fsp3) is 0.222. The number of carbonyl (C=O) groups is 1. The summed E-state index contributed by atoms with van der Waals surface area (Å²) >= 11 is 0. The predicted molar refractivity (Wildman–Crippen MR) is 89.2 cm³/mol. The molecule has 0 saturated carbocycles. The van der Waals surface area contributed by atoms with Crippen LogP contribution in [0.5, 0.6) is 0 Å². The van der Waals surface area contributed by atoms with Crippen LogP contribution in [-0.2, 0) is 7.05 Å². The van der Waals surface area contributed by atoms with Gasteiger partial charge >= 0.3 is 0 Å². The molecule has 7 heteroatoms. The molecule has 2 heterocycles. The van der Waals surface area contributed by atoms with Crippen molar-refractivity contribution >= 4 is 5.91 Å². The van der Waals surface area contributed by atoms with Gasteiger partial charge in [-0.15, -0.1) is 0 Å². The fourth-order valence-corrected chi connectivity index (χ4v) is 2.49. The first-order valence-corrected chi connectivity index (χ1v) is 7.83. The van der Waals surface area contributed by atoms with Crippen molar-refractivity contribution in [2.24, 2.45) is 7.05 Å². The van der Waals surface area contributed by atoms with E-state index in [9.17, 15) is 14.3 Å². The van der Waals surface area contributed by atoms with E-state index in [1.807, 2.05) is 0 Å². The highest BCUT2D eigenvalue weighted by atomic mass is 19.1. The molecule has 0 aliphatic rings. The van der Waals surface area contributed by atoms with Gasteiger partial charge in [-0.1, -0.05) is 0 Å². The molecule has 1 amide bonds. The molecule has 1 atom stereocenters. The molecule has 2 aromatic heterocycles. The SMILES string of the molecule is Cn1nc(-c2ccc(F)cc2)cc1C(=O)NCC[C@@H](O)c1ccoc1. The minimum absolute atomic E-state index is 0.289. The number of aliphatic hydroxyl groups excluding tert-OH is 1. The molecule has 0 aliphatic carbocycles. The number of hydrogen-bond donors (Lipinski definition) is 2. The quantitative estimate of drug-likeness (QED) is 0.721. The second-order valence-electron chi connectivity index (χ2n) is 5.66. The lowest BCUT2D eigenvalue weighted by molar-refractivity contribution is 0.0933. The van der Waals surface area contributed by atoms with Crippen molar-refractivity contribution in [3.63, 3.8) is 0 Å². The summed E-state index contributed by atoms with van der Waals surface area (Å²) in [6.45, 7) is 0.308. The maximum absolute atomic E-state index is 13.0. The van der Waals surface area contributed by atoms with E-state index in [0.717, 1.165) is 5.56 Å². The summed E-state index contributed by atoms with van der Waals surface area (Å²) in [6, 6.07) is 9.25. The highest BCUT2D eigenvalue weighted by Crippen LogP contribution is 2.19. The van der Waals surface area contributed by atoms with E-state index in [4.69, 9.17) is 4.42 Å². The van der Waals surface area contributed by atoms with Crippen LogP contribution in [0.2, 0.25) is 0 Å². The molecule has 0 radical (unpaired) electrons. The Morgan fingerprint density at radius 1 is 1.36 bits per heavy atom. The van der Waals surface area contributed by atoms with Crippen molar-refractivity contribution < 1.29 is 18.7 Å². The molecular formula is C18H18FN3O3. The summed E-state index contributed by atoms with van der Waals surface area (Å²) in [5, 5.41) is 17.0. The van der Waals surface area contributed by atoms with Crippen LogP contribution >= 0.6 is 0 Å². The third-order valence-electron chi connectivity index (χ3n) is 3.88. The van der Waals surface area contributed by atoms with Gasteiger partial charge in [-0.25, -0.2) is 4.39 Å². The number of aromatic nitrogens is 2. The van der Waals surface area contributed by atoms with Gasteiger partial charge < -0.3 is 14.8 Å². The van der Waals surface area contributed by atoms with Crippen LogP contribution in [0.25, 0.3) is 11.3 Å². The molecule has 0 spiro atoms. The van der Waals surface area contributed by atoms with Gasteiger partial charge in [0, 0.05) is 24.7 Å². The van der Waals surface area contributed by atoms with Crippen molar-refractivity contribution in [3.05, 3.63) is 66.0 Å². The van der Waals surface area contributed by atoms with Crippen LogP contribution in [0.15, 0.2) is 53.3 Å². The molecule has 6 nitrogen and oxygen atoms in total. The Bertz CT molecular complexity index is 841. The largest absolute Gasteiger partial charge is 0.472 e. The monoisotopic (exact) mass is 343 g/mol. The molecule has 25 heavy (non-hydrogen) atoms. The normalized spacial score (nSPS) is 12.1. The highest BCUT2D eigenvalue weighted by Gasteiger charge is 2.15. The number of amides is 1. The van der Waals surface area contributed by atoms with Crippen molar-refractivity contribution in [2.75, 3.05) is 6.54 Å². The zero-order valence-electron chi connectivity index (χ0n) is 13.6. The van der Waals surface area contributed by atoms with Gasteiger partial charge in [0.2, 0.25) is 0 Å². The maximum Gasteiger partial charge on any atom is 0.269 e. The Labute approximate surface area is 143 Å². The standard InChI is InChI=1S/C18H18FN3O3/c1-22-16(10-15(21-22)12-2-4-14(19)5-3-12)18(24)20-8-6-17(23)13-7-9-25-11-13/h2-5,7,9-11,17,23H,6,8H2,1H3,(H,20,24)/t17-/m1/s1. The molecule has 1 aromatic carbocycles. The number of furan rings is 1. The van der Waals surface area contributed by atoms with Gasteiger partial charge in [-0.3, -0.25) is 9.48 Å². The topological polar surface area (TPSA) is 80.3 Å². The first-order chi connectivity index (χ1) is 12.0. The molecule has 0 fully saturated rings. The lowest BCUT2D eigenvalue weighted by atomic mass is 10.1. The summed E-state index contributed by atoms with van der Waals surface area (Å²) in [7, 11) is 1.67. The van der Waals surface area contributed by atoms with Gasteiger partial charge in [0.25, 0.3) is 5.91 Å². The number of rotatable bonds is 6. The average Bonchev–Trinajstić information content (AvgIpc) is 3.25. The summed E-state index contributed by atoms with van der Waals surface area (Å²) < 4.78 is 19.4. The summed E-state index contributed by atoms with van der Waals surface area (Å²) in [6.07, 6.45) is 2.64. The third kappa shape index (κ3) is 3.95. The Morgan fingerprint density at radius 3 is 2.80 bits per heavy atom. The minimum Gasteiger partial charge on any atom is -0.472 e. The zero-order valence-corrected chi connectivity index (χ0v) is 13.6. The first kappa shape index (κ1) is 16.9. The number of carbonyl (C=O) groups excluding carboxylic acids is 1. The zero-order chi connectivity index (χ0) is 17.8. The van der Waals surface area contributed by atoms with Crippen LogP contribution in [0.4, 0.5) is 4.39 Å². The summed E-state index contributed by atoms with van der Waals surface area (Å²) in [4.78, 5) is 12.3. The average molecular weight is 343 g/mol. The Balaban J connectivity index is 1.61. The number of nitrogens with zero attached hydrogens (tertiary/aromatic N) is 2. The second kappa shape index (κ2) is 7.31. The van der Waals surface area contributed by atoms with Crippen LogP contribution in [0.1, 0.15) is 28.6 Å². The van der Waals surface area contributed by atoms with Crippen molar-refractivity contribution in [1.82, 2.24) is 15.1 Å². The van der Waals surface area contributed by atoms with E-state index in [1.54, 1.807) is 31.3 Å². The smallest absolute Gasteiger partial charge is 0.269 e. The van der Waals surface area contributed by atoms with Crippen LogP contribution in [0, 0.1) is 5.82 Å². The van der Waals surface area contributed by atoms with E-state index in [2.05, 4.69) is 10.4 Å². The number of benzene rings is 1. The number of aliphatic hydroxyl groups is 1. The Hall–Kier alpha value is -2.93. The van der Waals surface area contributed by atoms with Crippen molar-refractivity contribution in [1.29, 1.82) is 0 Å². The van der Waals surface area contributed by atoms with E-state index in [0.29, 0.717) is 29.9 Å². The molecule has 0 aliphatic heterocycles. The van der Waals surface area contributed by atoms with E-state index in [-0.39, 0.29) is 11.7 Å². The van der Waals surface area contributed by atoms with Crippen LogP contribution in [0.3, 0.4) is 0 Å². The van der Waals surface area contributed by atoms with Gasteiger partial charge in [-0.05, 0) is 42.8 Å². The fourth-order valence-electron chi connectivity index (χ4n) is 2.49. The Kier molecular flexibility index (Phi) is 4.95. The number of halogens is 1. The summed E-state index contributed by atoms with van der Waals surface area (Å²) in [5.74, 6) is -0.614.